The van der Waals surface area contributed by atoms with Crippen LogP contribution in [0.1, 0.15) is 11.3 Å². The van der Waals surface area contributed by atoms with Crippen molar-refractivity contribution in [2.45, 2.75) is 25.6 Å². The summed E-state index contributed by atoms with van der Waals surface area (Å²) in [6.45, 7) is 0.668. The highest BCUT2D eigenvalue weighted by molar-refractivity contribution is 5.56. The van der Waals surface area contributed by atoms with Gasteiger partial charge in [0, 0.05) is 42.8 Å². The molecule has 7 heteroatoms. The van der Waals surface area contributed by atoms with E-state index in [1.807, 2.05) is 10.8 Å². The van der Waals surface area contributed by atoms with Crippen LogP contribution in [-0.4, -0.2) is 25.7 Å². The van der Waals surface area contributed by atoms with E-state index in [4.69, 9.17) is 0 Å². The molecule has 3 aromatic rings. The maximum Gasteiger partial charge on any atom is 0.393 e. The largest absolute Gasteiger partial charge is 0.393 e. The van der Waals surface area contributed by atoms with Crippen molar-refractivity contribution in [3.8, 4) is 11.4 Å². The molecule has 0 fully saturated rings. The van der Waals surface area contributed by atoms with Crippen LogP contribution in [0.4, 0.5) is 13.2 Å². The SMILES string of the molecule is FC(F)(F)Cc1cccc(-c2nccn2CCc2cnc[nH]2)c1. The second-order valence-electron chi connectivity index (χ2n) is 5.26. The van der Waals surface area contributed by atoms with Crippen molar-refractivity contribution >= 4 is 0 Å². The average molecular weight is 320 g/mol. The Hall–Kier alpha value is -2.57. The molecule has 1 aromatic carbocycles. The summed E-state index contributed by atoms with van der Waals surface area (Å²) < 4.78 is 39.6. The van der Waals surface area contributed by atoms with Crippen LogP contribution < -0.4 is 0 Å². The van der Waals surface area contributed by atoms with Gasteiger partial charge >= 0.3 is 6.18 Å². The van der Waals surface area contributed by atoms with Gasteiger partial charge in [-0.1, -0.05) is 18.2 Å². The topological polar surface area (TPSA) is 46.5 Å². The lowest BCUT2D eigenvalue weighted by molar-refractivity contribution is -0.127. The van der Waals surface area contributed by atoms with Gasteiger partial charge in [0.05, 0.1) is 12.7 Å². The summed E-state index contributed by atoms with van der Waals surface area (Å²) in [5.74, 6) is 0.661. The summed E-state index contributed by atoms with van der Waals surface area (Å²) >= 11 is 0. The van der Waals surface area contributed by atoms with Gasteiger partial charge < -0.3 is 9.55 Å². The Morgan fingerprint density at radius 1 is 1.22 bits per heavy atom. The third-order valence-corrected chi connectivity index (χ3v) is 3.48. The average Bonchev–Trinajstić information content (AvgIpc) is 3.15. The maximum absolute atomic E-state index is 12.5. The predicted octanol–water partition coefficient (Wildman–Crippen LogP) is 3.62. The van der Waals surface area contributed by atoms with E-state index in [-0.39, 0.29) is 5.56 Å². The summed E-state index contributed by atoms with van der Waals surface area (Å²) in [6, 6.07) is 6.43. The van der Waals surface area contributed by atoms with E-state index < -0.39 is 12.6 Å². The summed E-state index contributed by atoms with van der Waals surface area (Å²) in [7, 11) is 0. The number of benzene rings is 1. The minimum atomic E-state index is -4.21. The zero-order valence-corrected chi connectivity index (χ0v) is 12.2. The number of H-pyrrole nitrogens is 1. The number of aromatic amines is 1. The van der Waals surface area contributed by atoms with Gasteiger partial charge in [-0.3, -0.25) is 0 Å². The molecule has 0 aliphatic rings. The van der Waals surface area contributed by atoms with Crippen LogP contribution in [-0.2, 0) is 19.4 Å². The van der Waals surface area contributed by atoms with Crippen LogP contribution in [0.2, 0.25) is 0 Å². The number of aromatic nitrogens is 4. The van der Waals surface area contributed by atoms with Gasteiger partial charge in [-0.05, 0) is 11.6 Å². The lowest BCUT2D eigenvalue weighted by Crippen LogP contribution is -2.11. The molecule has 0 aliphatic heterocycles. The monoisotopic (exact) mass is 320 g/mol. The van der Waals surface area contributed by atoms with Gasteiger partial charge in [0.1, 0.15) is 5.82 Å². The Labute approximate surface area is 131 Å². The van der Waals surface area contributed by atoms with E-state index in [2.05, 4.69) is 15.0 Å². The summed E-state index contributed by atoms with van der Waals surface area (Å²) in [5.41, 5.74) is 1.91. The Morgan fingerprint density at radius 3 is 2.83 bits per heavy atom. The predicted molar refractivity (Wildman–Crippen MR) is 79.7 cm³/mol. The number of imidazole rings is 2. The van der Waals surface area contributed by atoms with Gasteiger partial charge in [0.15, 0.2) is 0 Å². The fourth-order valence-electron chi connectivity index (χ4n) is 2.46. The number of rotatable bonds is 5. The molecule has 0 unspecified atom stereocenters. The second-order valence-corrected chi connectivity index (χ2v) is 5.26. The first-order valence-electron chi connectivity index (χ1n) is 7.16. The molecule has 0 amide bonds. The van der Waals surface area contributed by atoms with Gasteiger partial charge in [-0.15, -0.1) is 0 Å². The molecule has 0 atom stereocenters. The van der Waals surface area contributed by atoms with E-state index in [1.54, 1.807) is 36.9 Å². The number of halogens is 3. The summed E-state index contributed by atoms with van der Waals surface area (Å²) in [5, 5.41) is 0. The zero-order chi connectivity index (χ0) is 16.3. The fraction of sp³-hybridized carbons (Fsp3) is 0.250. The van der Waals surface area contributed by atoms with Gasteiger partial charge in [0.25, 0.3) is 0 Å². The van der Waals surface area contributed by atoms with Crippen molar-refractivity contribution in [1.29, 1.82) is 0 Å². The minimum Gasteiger partial charge on any atom is -0.348 e. The quantitative estimate of drug-likeness (QED) is 0.780. The van der Waals surface area contributed by atoms with E-state index in [0.29, 0.717) is 17.9 Å². The Morgan fingerprint density at radius 2 is 2.09 bits per heavy atom. The van der Waals surface area contributed by atoms with Crippen molar-refractivity contribution in [2.75, 3.05) is 0 Å². The molecular weight excluding hydrogens is 305 g/mol. The Bertz CT molecular complexity index is 760. The second kappa shape index (κ2) is 6.28. The van der Waals surface area contributed by atoms with Crippen LogP contribution in [0.3, 0.4) is 0 Å². The smallest absolute Gasteiger partial charge is 0.348 e. The summed E-state index contributed by atoms with van der Waals surface area (Å²) in [6.07, 6.45) is 2.43. The molecule has 0 saturated carbocycles. The van der Waals surface area contributed by atoms with Crippen LogP contribution >= 0.6 is 0 Å². The molecule has 4 nitrogen and oxygen atoms in total. The highest BCUT2D eigenvalue weighted by atomic mass is 19.4. The van der Waals surface area contributed by atoms with E-state index >= 15 is 0 Å². The molecule has 1 N–H and O–H groups in total. The molecule has 0 bridgehead atoms. The van der Waals surface area contributed by atoms with Crippen molar-refractivity contribution < 1.29 is 13.2 Å². The molecule has 2 aromatic heterocycles. The van der Waals surface area contributed by atoms with Crippen LogP contribution in [0.5, 0.6) is 0 Å². The molecule has 3 rings (SSSR count). The molecule has 2 heterocycles. The number of hydrogen-bond donors (Lipinski definition) is 1. The number of alkyl halides is 3. The van der Waals surface area contributed by atoms with E-state index in [1.165, 1.54) is 6.07 Å². The zero-order valence-electron chi connectivity index (χ0n) is 12.2. The molecular formula is C16H15F3N4. The Balaban J connectivity index is 1.79. The number of hydrogen-bond acceptors (Lipinski definition) is 2. The van der Waals surface area contributed by atoms with Crippen molar-refractivity contribution in [2.24, 2.45) is 0 Å². The highest BCUT2D eigenvalue weighted by Gasteiger charge is 2.27. The third-order valence-electron chi connectivity index (χ3n) is 3.48. The first-order chi connectivity index (χ1) is 11.0. The Kier molecular flexibility index (Phi) is 4.18. The number of aryl methyl sites for hydroxylation is 2. The van der Waals surface area contributed by atoms with E-state index in [0.717, 1.165) is 12.1 Å². The highest BCUT2D eigenvalue weighted by Crippen LogP contribution is 2.25. The first kappa shape index (κ1) is 15.3. The molecule has 0 saturated heterocycles. The van der Waals surface area contributed by atoms with E-state index in [9.17, 15) is 13.2 Å². The lowest BCUT2D eigenvalue weighted by atomic mass is 10.1. The fourth-order valence-corrected chi connectivity index (χ4v) is 2.46. The van der Waals surface area contributed by atoms with Crippen molar-refractivity contribution in [1.82, 2.24) is 19.5 Å². The summed E-state index contributed by atoms with van der Waals surface area (Å²) in [4.78, 5) is 11.3. The van der Waals surface area contributed by atoms with Crippen LogP contribution in [0.25, 0.3) is 11.4 Å². The normalized spacial score (nSPS) is 11.8. The van der Waals surface area contributed by atoms with Crippen LogP contribution in [0, 0.1) is 0 Å². The number of nitrogens with zero attached hydrogens (tertiary/aromatic N) is 3. The number of nitrogens with one attached hydrogen (secondary N) is 1. The lowest BCUT2D eigenvalue weighted by Gasteiger charge is -2.10. The molecule has 0 spiro atoms. The van der Waals surface area contributed by atoms with Crippen molar-refractivity contribution in [3.63, 3.8) is 0 Å². The molecule has 23 heavy (non-hydrogen) atoms. The van der Waals surface area contributed by atoms with Crippen molar-refractivity contribution in [3.05, 3.63) is 60.4 Å². The minimum absolute atomic E-state index is 0.234. The standard InChI is InChI=1S/C16H15F3N4/c17-16(18,19)9-12-2-1-3-13(8-12)15-21-5-7-23(15)6-4-14-10-20-11-22-14/h1-3,5,7-8,10-11H,4,6,9H2,(H,20,22). The van der Waals surface area contributed by atoms with Gasteiger partial charge in [0.2, 0.25) is 0 Å². The third kappa shape index (κ3) is 4.00. The maximum atomic E-state index is 12.5. The first-order valence-corrected chi connectivity index (χ1v) is 7.16. The molecule has 0 aliphatic carbocycles. The van der Waals surface area contributed by atoms with Gasteiger partial charge in [-0.25, -0.2) is 9.97 Å². The van der Waals surface area contributed by atoms with Gasteiger partial charge in [-0.2, -0.15) is 13.2 Å². The van der Waals surface area contributed by atoms with Crippen LogP contribution in [0.15, 0.2) is 49.2 Å². The molecule has 120 valence electrons. The molecule has 0 radical (unpaired) electrons.